The fraction of sp³-hybridized carbons (Fsp3) is 0.538. The Morgan fingerprint density at radius 2 is 1.88 bits per heavy atom. The molecule has 16 heavy (non-hydrogen) atoms. The molecule has 2 rings (SSSR count). The van der Waals surface area contributed by atoms with Crippen LogP contribution in [-0.2, 0) is 9.47 Å². The Hall–Kier alpha value is -0.900. The maximum absolute atomic E-state index is 9.03. The molecule has 0 radical (unpaired) electrons. The van der Waals surface area contributed by atoms with Gasteiger partial charge >= 0.3 is 0 Å². The molecule has 0 saturated carbocycles. The lowest BCUT2D eigenvalue weighted by Crippen LogP contribution is -2.21. The first kappa shape index (κ1) is 11.6. The van der Waals surface area contributed by atoms with E-state index in [1.165, 1.54) is 0 Å². The van der Waals surface area contributed by atoms with Gasteiger partial charge in [-0.15, -0.1) is 0 Å². The minimum absolute atomic E-state index is 0.0672. The van der Waals surface area contributed by atoms with Gasteiger partial charge in [-0.25, -0.2) is 0 Å². The monoisotopic (exact) mass is 222 g/mol. The maximum Gasteiger partial charge on any atom is 0.164 e. The van der Waals surface area contributed by atoms with Crippen LogP contribution in [0, 0.1) is 0 Å². The highest BCUT2D eigenvalue weighted by molar-refractivity contribution is 5.19. The molecule has 3 heteroatoms. The van der Waals surface area contributed by atoms with Gasteiger partial charge in [-0.2, -0.15) is 0 Å². The van der Waals surface area contributed by atoms with Crippen LogP contribution in [0.5, 0.6) is 0 Å². The van der Waals surface area contributed by atoms with Crippen LogP contribution in [0.15, 0.2) is 30.3 Å². The Morgan fingerprint density at radius 3 is 2.50 bits per heavy atom. The summed E-state index contributed by atoms with van der Waals surface area (Å²) >= 11 is 0. The molecule has 1 aliphatic rings. The smallest absolute Gasteiger partial charge is 0.164 e. The number of hydrogen-bond donors (Lipinski definition) is 1. The second-order valence-corrected chi connectivity index (χ2v) is 4.52. The van der Waals surface area contributed by atoms with Crippen LogP contribution in [0.3, 0.4) is 0 Å². The van der Waals surface area contributed by atoms with Gasteiger partial charge in [-0.3, -0.25) is 0 Å². The van der Waals surface area contributed by atoms with E-state index < -0.39 is 5.79 Å². The van der Waals surface area contributed by atoms with Crippen molar-refractivity contribution < 1.29 is 14.6 Å². The zero-order valence-corrected chi connectivity index (χ0v) is 9.72. The lowest BCUT2D eigenvalue weighted by atomic mass is 10.0. The number of ether oxygens (including phenoxy) is 2. The van der Waals surface area contributed by atoms with E-state index in [4.69, 9.17) is 14.6 Å². The van der Waals surface area contributed by atoms with Crippen LogP contribution in [0.2, 0.25) is 0 Å². The number of hydrogen-bond acceptors (Lipinski definition) is 3. The Kier molecular flexibility index (Phi) is 3.28. The SMILES string of the molecule is CC1(C)O[C@H](CCO)[C@H](c2ccccc2)O1. The summed E-state index contributed by atoms with van der Waals surface area (Å²) < 4.78 is 11.6. The fourth-order valence-corrected chi connectivity index (χ4v) is 2.10. The highest BCUT2D eigenvalue weighted by atomic mass is 16.7. The van der Waals surface area contributed by atoms with Gasteiger partial charge in [0.15, 0.2) is 5.79 Å². The fourth-order valence-electron chi connectivity index (χ4n) is 2.10. The second kappa shape index (κ2) is 4.53. The van der Waals surface area contributed by atoms with Crippen molar-refractivity contribution in [2.24, 2.45) is 0 Å². The van der Waals surface area contributed by atoms with Crippen LogP contribution in [0.4, 0.5) is 0 Å². The van der Waals surface area contributed by atoms with Crippen molar-refractivity contribution in [3.05, 3.63) is 35.9 Å². The van der Waals surface area contributed by atoms with Gasteiger partial charge in [-0.1, -0.05) is 30.3 Å². The van der Waals surface area contributed by atoms with Crippen molar-refractivity contribution in [1.29, 1.82) is 0 Å². The molecular weight excluding hydrogens is 204 g/mol. The molecule has 0 aromatic heterocycles. The molecule has 1 heterocycles. The van der Waals surface area contributed by atoms with Gasteiger partial charge in [0.2, 0.25) is 0 Å². The lowest BCUT2D eigenvalue weighted by Gasteiger charge is -2.16. The van der Waals surface area contributed by atoms with Gasteiger partial charge in [0.05, 0.1) is 6.10 Å². The van der Waals surface area contributed by atoms with E-state index in [1.807, 2.05) is 44.2 Å². The van der Waals surface area contributed by atoms with Crippen molar-refractivity contribution in [3.8, 4) is 0 Å². The van der Waals surface area contributed by atoms with E-state index >= 15 is 0 Å². The third kappa shape index (κ3) is 2.43. The third-order valence-corrected chi connectivity index (χ3v) is 2.73. The molecule has 0 bridgehead atoms. The summed E-state index contributed by atoms with van der Waals surface area (Å²) in [5, 5.41) is 9.03. The predicted molar refractivity (Wildman–Crippen MR) is 60.9 cm³/mol. The predicted octanol–water partition coefficient (Wildman–Crippen LogP) is 2.26. The molecule has 1 aromatic carbocycles. The standard InChI is InChI=1S/C13H18O3/c1-13(2)15-11(8-9-14)12(16-13)10-6-4-3-5-7-10/h3-7,11-12,14H,8-9H2,1-2H3/t11-,12+/m1/s1. The average molecular weight is 222 g/mol. The first-order valence-electron chi connectivity index (χ1n) is 5.64. The van der Waals surface area contributed by atoms with E-state index in [1.54, 1.807) is 0 Å². The maximum atomic E-state index is 9.03. The van der Waals surface area contributed by atoms with E-state index in [-0.39, 0.29) is 18.8 Å². The normalized spacial score (nSPS) is 28.2. The second-order valence-electron chi connectivity index (χ2n) is 4.52. The van der Waals surface area contributed by atoms with Crippen LogP contribution < -0.4 is 0 Å². The number of aliphatic hydroxyl groups is 1. The van der Waals surface area contributed by atoms with Crippen LogP contribution in [0.1, 0.15) is 31.9 Å². The number of rotatable bonds is 3. The molecule has 0 unspecified atom stereocenters. The Labute approximate surface area is 96.0 Å². The van der Waals surface area contributed by atoms with Gasteiger partial charge in [0, 0.05) is 6.61 Å². The molecular formula is C13H18O3. The summed E-state index contributed by atoms with van der Waals surface area (Å²) in [5.41, 5.74) is 1.10. The van der Waals surface area contributed by atoms with Crippen molar-refractivity contribution >= 4 is 0 Å². The average Bonchev–Trinajstić information content (AvgIpc) is 2.56. The van der Waals surface area contributed by atoms with Gasteiger partial charge < -0.3 is 14.6 Å². The summed E-state index contributed by atoms with van der Waals surface area (Å²) in [4.78, 5) is 0. The quantitative estimate of drug-likeness (QED) is 0.852. The summed E-state index contributed by atoms with van der Waals surface area (Å²) in [5.74, 6) is -0.569. The molecule has 88 valence electrons. The summed E-state index contributed by atoms with van der Waals surface area (Å²) in [7, 11) is 0. The first-order valence-corrected chi connectivity index (χ1v) is 5.64. The minimum atomic E-state index is -0.569. The van der Waals surface area contributed by atoms with E-state index in [2.05, 4.69) is 0 Å². The summed E-state index contributed by atoms with van der Waals surface area (Å²) in [6.07, 6.45) is 0.453. The lowest BCUT2D eigenvalue weighted by molar-refractivity contribution is -0.147. The zero-order valence-electron chi connectivity index (χ0n) is 9.72. The Bertz CT molecular complexity index is 334. The van der Waals surface area contributed by atoms with Crippen molar-refractivity contribution in [2.75, 3.05) is 6.61 Å². The molecule has 1 saturated heterocycles. The largest absolute Gasteiger partial charge is 0.396 e. The Morgan fingerprint density at radius 1 is 1.19 bits per heavy atom. The van der Waals surface area contributed by atoms with Crippen molar-refractivity contribution in [1.82, 2.24) is 0 Å². The molecule has 2 atom stereocenters. The molecule has 1 fully saturated rings. The Balaban J connectivity index is 2.19. The molecule has 1 aliphatic heterocycles. The number of aliphatic hydroxyl groups excluding tert-OH is 1. The third-order valence-electron chi connectivity index (χ3n) is 2.73. The van der Waals surface area contributed by atoms with Crippen molar-refractivity contribution in [3.63, 3.8) is 0 Å². The summed E-state index contributed by atoms with van der Waals surface area (Å²) in [6, 6.07) is 10.0. The van der Waals surface area contributed by atoms with Crippen LogP contribution in [-0.4, -0.2) is 23.6 Å². The summed E-state index contributed by atoms with van der Waals surface area (Å²) in [6.45, 7) is 3.92. The number of benzene rings is 1. The van der Waals surface area contributed by atoms with Crippen molar-refractivity contribution in [2.45, 2.75) is 38.3 Å². The van der Waals surface area contributed by atoms with Gasteiger partial charge in [-0.05, 0) is 25.8 Å². The highest BCUT2D eigenvalue weighted by Gasteiger charge is 2.41. The van der Waals surface area contributed by atoms with E-state index in [0.29, 0.717) is 6.42 Å². The van der Waals surface area contributed by atoms with Gasteiger partial charge in [0.1, 0.15) is 6.10 Å². The topological polar surface area (TPSA) is 38.7 Å². The molecule has 1 N–H and O–H groups in total. The van der Waals surface area contributed by atoms with E-state index in [0.717, 1.165) is 5.56 Å². The minimum Gasteiger partial charge on any atom is -0.396 e. The first-order chi connectivity index (χ1) is 7.62. The zero-order chi connectivity index (χ0) is 11.6. The molecule has 0 amide bonds. The highest BCUT2D eigenvalue weighted by Crippen LogP contribution is 2.39. The van der Waals surface area contributed by atoms with E-state index in [9.17, 15) is 0 Å². The molecule has 0 spiro atoms. The van der Waals surface area contributed by atoms with Crippen LogP contribution in [0.25, 0.3) is 0 Å². The molecule has 0 aliphatic carbocycles. The molecule has 3 nitrogen and oxygen atoms in total. The van der Waals surface area contributed by atoms with Crippen LogP contribution >= 0.6 is 0 Å². The van der Waals surface area contributed by atoms with Gasteiger partial charge in [0.25, 0.3) is 0 Å². The molecule has 1 aromatic rings.